The van der Waals surface area contributed by atoms with Crippen LogP contribution < -0.4 is 5.32 Å². The zero-order valence-electron chi connectivity index (χ0n) is 13.8. The Labute approximate surface area is 149 Å². The molecule has 1 amide bonds. The van der Waals surface area contributed by atoms with Gasteiger partial charge in [-0.05, 0) is 31.0 Å². The maximum absolute atomic E-state index is 11.8. The number of thioether (sulfide) groups is 1. The fraction of sp³-hybridized carbons (Fsp3) is 0.412. The molecule has 1 atom stereocenters. The van der Waals surface area contributed by atoms with Gasteiger partial charge in [0.15, 0.2) is 5.16 Å². The van der Waals surface area contributed by atoms with Gasteiger partial charge in [-0.2, -0.15) is 0 Å². The lowest BCUT2D eigenvalue weighted by Crippen LogP contribution is -2.12. The van der Waals surface area contributed by atoms with Crippen molar-refractivity contribution in [2.75, 3.05) is 11.9 Å². The first-order valence-electron chi connectivity index (χ1n) is 8.28. The molecule has 2 fully saturated rings. The highest BCUT2D eigenvalue weighted by Crippen LogP contribution is 2.42. The number of aromatic nitrogens is 3. The van der Waals surface area contributed by atoms with Crippen molar-refractivity contribution in [2.45, 2.75) is 42.5 Å². The number of esters is 1. The number of nitrogens with one attached hydrogen (secondary N) is 1. The van der Waals surface area contributed by atoms with Crippen molar-refractivity contribution in [1.82, 2.24) is 14.8 Å². The number of anilines is 1. The Balaban J connectivity index is 1.70. The smallest absolute Gasteiger partial charge is 0.319 e. The van der Waals surface area contributed by atoms with Gasteiger partial charge in [0.25, 0.3) is 0 Å². The number of ether oxygens (including phenoxy) is 1. The highest BCUT2D eigenvalue weighted by Gasteiger charge is 2.34. The number of nitrogens with zero attached hydrogens (tertiary/aromatic N) is 3. The van der Waals surface area contributed by atoms with E-state index in [1.54, 1.807) is 0 Å². The molecule has 0 bridgehead atoms. The molecule has 4 rings (SSSR count). The van der Waals surface area contributed by atoms with Crippen LogP contribution in [0.2, 0.25) is 0 Å². The normalized spacial score (nSPS) is 19.7. The summed E-state index contributed by atoms with van der Waals surface area (Å²) in [6.45, 7) is 1.94. The van der Waals surface area contributed by atoms with E-state index in [1.165, 1.54) is 18.7 Å². The van der Waals surface area contributed by atoms with E-state index in [0.717, 1.165) is 30.0 Å². The number of hydrogen-bond donors (Lipinski definition) is 1. The molecule has 0 radical (unpaired) electrons. The summed E-state index contributed by atoms with van der Waals surface area (Å²) in [7, 11) is 0. The Kier molecular flexibility index (Phi) is 4.20. The van der Waals surface area contributed by atoms with Crippen molar-refractivity contribution in [3.63, 3.8) is 0 Å². The molecule has 2 heterocycles. The number of cyclic esters (lactones) is 1. The summed E-state index contributed by atoms with van der Waals surface area (Å²) in [6.07, 6.45) is 2.88. The van der Waals surface area contributed by atoms with Gasteiger partial charge in [0, 0.05) is 24.9 Å². The predicted molar refractivity (Wildman–Crippen MR) is 92.9 cm³/mol. The van der Waals surface area contributed by atoms with Crippen molar-refractivity contribution in [2.24, 2.45) is 0 Å². The molecule has 8 heteroatoms. The van der Waals surface area contributed by atoms with E-state index < -0.39 is 0 Å². The van der Waals surface area contributed by atoms with E-state index in [9.17, 15) is 9.59 Å². The van der Waals surface area contributed by atoms with Gasteiger partial charge in [0.05, 0.1) is 12.3 Å². The highest BCUT2D eigenvalue weighted by atomic mass is 32.2. The van der Waals surface area contributed by atoms with Crippen molar-refractivity contribution in [3.05, 3.63) is 30.1 Å². The molecule has 1 saturated heterocycles. The van der Waals surface area contributed by atoms with E-state index in [0.29, 0.717) is 24.1 Å². The first-order valence-corrected chi connectivity index (χ1v) is 9.16. The maximum atomic E-state index is 11.8. The molecule has 0 unspecified atom stereocenters. The predicted octanol–water partition coefficient (Wildman–Crippen LogP) is 2.51. The standard InChI is InChI=1S/C17H18N4O3S/c1-10(22)18-12-3-2-4-13(9-12)21-15(11-5-6-11)19-20-17(21)25-14-7-8-24-16(14)23/h2-4,9,11,14H,5-8H2,1H3,(H,18,22)/t14-/m1/s1. The lowest BCUT2D eigenvalue weighted by Gasteiger charge is -2.12. The molecule has 1 N–H and O–H groups in total. The monoisotopic (exact) mass is 358 g/mol. The topological polar surface area (TPSA) is 86.1 Å². The van der Waals surface area contributed by atoms with E-state index in [2.05, 4.69) is 15.5 Å². The molecule has 130 valence electrons. The number of hydrogen-bond acceptors (Lipinski definition) is 6. The Bertz CT molecular complexity index is 831. The quantitative estimate of drug-likeness (QED) is 0.827. The minimum absolute atomic E-state index is 0.119. The zero-order valence-corrected chi connectivity index (χ0v) is 14.6. The van der Waals surface area contributed by atoms with Gasteiger partial charge >= 0.3 is 5.97 Å². The van der Waals surface area contributed by atoms with Crippen LogP contribution in [0.15, 0.2) is 29.4 Å². The van der Waals surface area contributed by atoms with E-state index >= 15 is 0 Å². The number of carbonyl (C=O) groups excluding carboxylic acids is 2. The zero-order chi connectivity index (χ0) is 17.4. The first-order chi connectivity index (χ1) is 12.1. The summed E-state index contributed by atoms with van der Waals surface area (Å²) < 4.78 is 7.05. The summed E-state index contributed by atoms with van der Waals surface area (Å²) in [5, 5.41) is 11.9. The van der Waals surface area contributed by atoms with Crippen LogP contribution in [0.25, 0.3) is 5.69 Å². The van der Waals surface area contributed by atoms with E-state index in [1.807, 2.05) is 28.8 Å². The van der Waals surface area contributed by atoms with Crippen LogP contribution >= 0.6 is 11.8 Å². The van der Waals surface area contributed by atoms with Crippen LogP contribution in [0.3, 0.4) is 0 Å². The fourth-order valence-corrected chi connectivity index (χ4v) is 3.87. The second kappa shape index (κ2) is 6.51. The molecule has 1 aromatic carbocycles. The van der Waals surface area contributed by atoms with Gasteiger partial charge < -0.3 is 10.1 Å². The van der Waals surface area contributed by atoms with Crippen LogP contribution in [0, 0.1) is 0 Å². The lowest BCUT2D eigenvalue weighted by atomic mass is 10.2. The largest absolute Gasteiger partial charge is 0.465 e. The third kappa shape index (κ3) is 3.39. The minimum Gasteiger partial charge on any atom is -0.465 e. The van der Waals surface area contributed by atoms with Crippen LogP contribution in [-0.2, 0) is 14.3 Å². The van der Waals surface area contributed by atoms with E-state index in [4.69, 9.17) is 4.74 Å². The highest BCUT2D eigenvalue weighted by molar-refractivity contribution is 8.00. The summed E-state index contributed by atoms with van der Waals surface area (Å²) in [5.74, 6) is 1.00. The summed E-state index contributed by atoms with van der Waals surface area (Å²) >= 11 is 1.39. The molecule has 2 aliphatic rings. The summed E-state index contributed by atoms with van der Waals surface area (Å²) in [5.41, 5.74) is 1.60. The van der Waals surface area contributed by atoms with Crippen LogP contribution in [0.1, 0.15) is 37.9 Å². The molecule has 2 aromatic rings. The molecule has 1 aromatic heterocycles. The first kappa shape index (κ1) is 16.1. The Morgan fingerprint density at radius 2 is 2.16 bits per heavy atom. The van der Waals surface area contributed by atoms with Crippen molar-refractivity contribution < 1.29 is 14.3 Å². The molecule has 1 saturated carbocycles. The van der Waals surface area contributed by atoms with Crippen LogP contribution in [0.5, 0.6) is 0 Å². The van der Waals surface area contributed by atoms with Crippen molar-refractivity contribution in [3.8, 4) is 5.69 Å². The van der Waals surface area contributed by atoms with Crippen LogP contribution in [-0.4, -0.2) is 38.5 Å². The molecule has 7 nitrogen and oxygen atoms in total. The van der Waals surface area contributed by atoms with Gasteiger partial charge in [-0.3, -0.25) is 14.2 Å². The van der Waals surface area contributed by atoms with Gasteiger partial charge in [0.2, 0.25) is 5.91 Å². The molecule has 1 aliphatic heterocycles. The van der Waals surface area contributed by atoms with Gasteiger partial charge in [0.1, 0.15) is 11.1 Å². The fourth-order valence-electron chi connectivity index (χ4n) is 2.84. The van der Waals surface area contributed by atoms with Crippen molar-refractivity contribution in [1.29, 1.82) is 0 Å². The molecule has 0 spiro atoms. The number of benzene rings is 1. The average Bonchev–Trinajstić information content (AvgIpc) is 3.22. The number of rotatable bonds is 5. The lowest BCUT2D eigenvalue weighted by molar-refractivity contribution is -0.137. The average molecular weight is 358 g/mol. The molecular formula is C17H18N4O3S. The third-order valence-corrected chi connectivity index (χ3v) is 5.35. The van der Waals surface area contributed by atoms with Gasteiger partial charge in [-0.15, -0.1) is 10.2 Å². The molecule has 25 heavy (non-hydrogen) atoms. The maximum Gasteiger partial charge on any atom is 0.319 e. The third-order valence-electron chi connectivity index (χ3n) is 4.16. The second-order valence-corrected chi connectivity index (χ2v) is 7.41. The molecule has 1 aliphatic carbocycles. The summed E-state index contributed by atoms with van der Waals surface area (Å²) in [6, 6.07) is 7.58. The Hall–Kier alpha value is -2.35. The van der Waals surface area contributed by atoms with Crippen LogP contribution in [0.4, 0.5) is 5.69 Å². The van der Waals surface area contributed by atoms with E-state index in [-0.39, 0.29) is 17.1 Å². The van der Waals surface area contributed by atoms with Gasteiger partial charge in [-0.1, -0.05) is 17.8 Å². The Morgan fingerprint density at radius 1 is 1.32 bits per heavy atom. The van der Waals surface area contributed by atoms with Gasteiger partial charge in [-0.25, -0.2) is 0 Å². The SMILES string of the molecule is CC(=O)Nc1cccc(-n2c(S[C@@H]3CCOC3=O)nnc2C2CC2)c1. The molecular weight excluding hydrogens is 340 g/mol. The number of carbonyl (C=O) groups is 2. The minimum atomic E-state index is -0.242. The Morgan fingerprint density at radius 3 is 2.84 bits per heavy atom. The number of amides is 1. The summed E-state index contributed by atoms with van der Waals surface area (Å²) in [4.78, 5) is 23.1. The second-order valence-electron chi connectivity index (χ2n) is 6.24. The van der Waals surface area contributed by atoms with Crippen molar-refractivity contribution >= 4 is 29.3 Å².